The van der Waals surface area contributed by atoms with Gasteiger partial charge < -0.3 is 19.8 Å². The van der Waals surface area contributed by atoms with Crippen molar-refractivity contribution < 1.29 is 19.7 Å². The van der Waals surface area contributed by atoms with Crippen molar-refractivity contribution in [2.75, 3.05) is 32.8 Å². The molecule has 0 aliphatic carbocycles. The van der Waals surface area contributed by atoms with Crippen LogP contribution in [0.3, 0.4) is 0 Å². The molecule has 2 rings (SSSR count). The quantitative estimate of drug-likeness (QED) is 0.731. The number of hydrogen-bond acceptors (Lipinski definition) is 5. The van der Waals surface area contributed by atoms with Crippen LogP contribution in [0.4, 0.5) is 0 Å². The smallest absolute Gasteiger partial charge is 0.312 e. The lowest BCUT2D eigenvalue weighted by Gasteiger charge is -2.40. The summed E-state index contributed by atoms with van der Waals surface area (Å²) in [5.74, 6) is -0.151. The highest BCUT2D eigenvalue weighted by Crippen LogP contribution is 2.37. The van der Waals surface area contributed by atoms with Crippen LogP contribution in [-0.4, -0.2) is 60.0 Å². The fourth-order valence-electron chi connectivity index (χ4n) is 3.25. The molecule has 134 valence electrons. The molecule has 0 bridgehead atoms. The van der Waals surface area contributed by atoms with Crippen LogP contribution < -0.4 is 0 Å². The lowest BCUT2D eigenvalue weighted by molar-refractivity contribution is -0.158. The Labute approximate surface area is 148 Å². The zero-order chi connectivity index (χ0) is 17.6. The maximum Gasteiger partial charge on any atom is 0.312 e. The number of carbonyl (C=O) groups excluding carboxylic acids is 1. The summed E-state index contributed by atoms with van der Waals surface area (Å²) < 4.78 is 5.35. The van der Waals surface area contributed by atoms with E-state index in [1.807, 2.05) is 31.2 Å². The van der Waals surface area contributed by atoms with Gasteiger partial charge in [-0.1, -0.05) is 23.7 Å². The maximum absolute atomic E-state index is 12.6. The van der Waals surface area contributed by atoms with Crippen LogP contribution in [0, 0.1) is 5.41 Å². The van der Waals surface area contributed by atoms with Crippen molar-refractivity contribution in [1.29, 1.82) is 0 Å². The Morgan fingerprint density at radius 3 is 2.50 bits per heavy atom. The number of esters is 1. The molecule has 1 atom stereocenters. The van der Waals surface area contributed by atoms with Gasteiger partial charge in [0.1, 0.15) is 0 Å². The van der Waals surface area contributed by atoms with E-state index in [4.69, 9.17) is 21.4 Å². The van der Waals surface area contributed by atoms with E-state index in [1.165, 1.54) is 0 Å². The molecular weight excluding hydrogens is 330 g/mol. The van der Waals surface area contributed by atoms with Crippen molar-refractivity contribution in [2.24, 2.45) is 5.41 Å². The van der Waals surface area contributed by atoms with Gasteiger partial charge in [-0.25, -0.2) is 0 Å². The molecule has 1 heterocycles. The zero-order valence-electron chi connectivity index (χ0n) is 14.1. The number of aliphatic hydroxyl groups excluding tert-OH is 2. The number of likely N-dealkylation sites (tertiary alicyclic amines) is 1. The molecule has 0 saturated carbocycles. The first kappa shape index (κ1) is 19.2. The molecule has 2 N–H and O–H groups in total. The Kier molecular flexibility index (Phi) is 7.04. The molecule has 1 fully saturated rings. The largest absolute Gasteiger partial charge is 0.466 e. The van der Waals surface area contributed by atoms with E-state index in [0.29, 0.717) is 50.5 Å². The molecular formula is C18H26ClNO4. The maximum atomic E-state index is 12.6. The lowest BCUT2D eigenvalue weighted by Crippen LogP contribution is -2.48. The highest BCUT2D eigenvalue weighted by Gasteiger charge is 2.42. The van der Waals surface area contributed by atoms with Gasteiger partial charge in [0.2, 0.25) is 0 Å². The van der Waals surface area contributed by atoms with E-state index in [0.717, 1.165) is 5.56 Å². The number of β-amino-alcohol motifs (C(OH)–C–C–N with tert-alkyl or cyclic N) is 1. The number of piperidine rings is 1. The van der Waals surface area contributed by atoms with Crippen molar-refractivity contribution in [3.63, 3.8) is 0 Å². The van der Waals surface area contributed by atoms with E-state index < -0.39 is 11.5 Å². The number of aliphatic hydroxyl groups is 2. The highest BCUT2D eigenvalue weighted by molar-refractivity contribution is 6.30. The highest BCUT2D eigenvalue weighted by atomic mass is 35.5. The molecule has 1 aromatic rings. The van der Waals surface area contributed by atoms with Crippen LogP contribution in [0.15, 0.2) is 24.3 Å². The fraction of sp³-hybridized carbons (Fsp3) is 0.611. The topological polar surface area (TPSA) is 70.0 Å². The second kappa shape index (κ2) is 8.81. The van der Waals surface area contributed by atoms with Gasteiger partial charge in [0, 0.05) is 11.6 Å². The Morgan fingerprint density at radius 2 is 1.96 bits per heavy atom. The van der Waals surface area contributed by atoms with Gasteiger partial charge in [0.25, 0.3) is 0 Å². The molecule has 1 aliphatic rings. The van der Waals surface area contributed by atoms with Crippen LogP contribution in [0.25, 0.3) is 0 Å². The molecule has 1 unspecified atom stereocenters. The van der Waals surface area contributed by atoms with E-state index in [1.54, 1.807) is 0 Å². The van der Waals surface area contributed by atoms with Crippen molar-refractivity contribution >= 4 is 17.6 Å². The standard InChI is InChI=1S/C18H26ClNO4/c1-2-24-17(23)18(11-14-3-5-15(19)6-4-14)7-9-20(10-8-18)12-16(22)13-21/h3-6,16,21-22H,2,7-13H2,1H3. The summed E-state index contributed by atoms with van der Waals surface area (Å²) in [6.07, 6.45) is 1.23. The molecule has 0 radical (unpaired) electrons. The number of ether oxygens (including phenoxy) is 1. The van der Waals surface area contributed by atoms with Gasteiger partial charge in [-0.15, -0.1) is 0 Å². The summed E-state index contributed by atoms with van der Waals surface area (Å²) in [5, 5.41) is 19.3. The summed E-state index contributed by atoms with van der Waals surface area (Å²) in [4.78, 5) is 14.7. The van der Waals surface area contributed by atoms with E-state index in [9.17, 15) is 9.90 Å². The van der Waals surface area contributed by atoms with Crippen LogP contribution in [0.1, 0.15) is 25.3 Å². The molecule has 0 aromatic heterocycles. The second-order valence-electron chi connectivity index (χ2n) is 6.44. The summed E-state index contributed by atoms with van der Waals surface area (Å²) in [7, 11) is 0. The first-order chi connectivity index (χ1) is 11.5. The summed E-state index contributed by atoms with van der Waals surface area (Å²) >= 11 is 5.94. The van der Waals surface area contributed by atoms with Crippen molar-refractivity contribution in [2.45, 2.75) is 32.3 Å². The van der Waals surface area contributed by atoms with E-state index >= 15 is 0 Å². The summed E-state index contributed by atoms with van der Waals surface area (Å²) in [5.41, 5.74) is 0.529. The minimum atomic E-state index is -0.739. The van der Waals surface area contributed by atoms with Crippen molar-refractivity contribution in [1.82, 2.24) is 4.90 Å². The number of carbonyl (C=O) groups is 1. The third-order valence-electron chi connectivity index (χ3n) is 4.66. The predicted octanol–water partition coefficient (Wildman–Crippen LogP) is 1.88. The van der Waals surface area contributed by atoms with Gasteiger partial charge in [-0.2, -0.15) is 0 Å². The number of nitrogens with zero attached hydrogens (tertiary/aromatic N) is 1. The minimum absolute atomic E-state index is 0.151. The Balaban J connectivity index is 2.08. The van der Waals surface area contributed by atoms with Crippen molar-refractivity contribution in [3.8, 4) is 0 Å². The average Bonchev–Trinajstić information content (AvgIpc) is 2.59. The van der Waals surface area contributed by atoms with Gasteiger partial charge in [0.15, 0.2) is 0 Å². The molecule has 6 heteroatoms. The van der Waals surface area contributed by atoms with Gasteiger partial charge in [-0.05, 0) is 57.0 Å². The molecule has 24 heavy (non-hydrogen) atoms. The lowest BCUT2D eigenvalue weighted by atomic mass is 9.73. The van der Waals surface area contributed by atoms with Crippen molar-refractivity contribution in [3.05, 3.63) is 34.9 Å². The third-order valence-corrected chi connectivity index (χ3v) is 4.91. The number of benzene rings is 1. The first-order valence-electron chi connectivity index (χ1n) is 8.42. The third kappa shape index (κ3) is 4.93. The molecule has 5 nitrogen and oxygen atoms in total. The molecule has 1 aromatic carbocycles. The van der Waals surface area contributed by atoms with Crippen LogP contribution in [-0.2, 0) is 16.0 Å². The van der Waals surface area contributed by atoms with Crippen LogP contribution in [0.2, 0.25) is 5.02 Å². The fourth-order valence-corrected chi connectivity index (χ4v) is 3.38. The minimum Gasteiger partial charge on any atom is -0.466 e. The van der Waals surface area contributed by atoms with Gasteiger partial charge in [-0.3, -0.25) is 4.79 Å². The number of rotatable bonds is 7. The van der Waals surface area contributed by atoms with Gasteiger partial charge in [0.05, 0.1) is 24.7 Å². The molecule has 1 aliphatic heterocycles. The SMILES string of the molecule is CCOC(=O)C1(Cc2ccc(Cl)cc2)CCN(CC(O)CO)CC1. The Hall–Kier alpha value is -1.14. The monoisotopic (exact) mass is 355 g/mol. The summed E-state index contributed by atoms with van der Waals surface area (Å²) in [6.45, 7) is 3.77. The van der Waals surface area contributed by atoms with E-state index in [-0.39, 0.29) is 12.6 Å². The van der Waals surface area contributed by atoms with E-state index in [2.05, 4.69) is 4.90 Å². The zero-order valence-corrected chi connectivity index (χ0v) is 14.8. The normalized spacial score (nSPS) is 19.0. The second-order valence-corrected chi connectivity index (χ2v) is 6.88. The average molecular weight is 356 g/mol. The predicted molar refractivity (Wildman–Crippen MR) is 93.0 cm³/mol. The molecule has 0 amide bonds. The Bertz CT molecular complexity index is 526. The summed E-state index contributed by atoms with van der Waals surface area (Å²) in [6, 6.07) is 7.57. The number of halogens is 1. The molecule has 1 saturated heterocycles. The molecule has 0 spiro atoms. The van der Waals surface area contributed by atoms with Crippen LogP contribution >= 0.6 is 11.6 Å². The van der Waals surface area contributed by atoms with Gasteiger partial charge >= 0.3 is 5.97 Å². The Morgan fingerprint density at radius 1 is 1.33 bits per heavy atom. The number of hydrogen-bond donors (Lipinski definition) is 2. The van der Waals surface area contributed by atoms with Crippen LogP contribution in [0.5, 0.6) is 0 Å². The first-order valence-corrected chi connectivity index (χ1v) is 8.80.